The van der Waals surface area contributed by atoms with Gasteiger partial charge in [-0.25, -0.2) is 8.42 Å². The number of nitrogens with one attached hydrogen (secondary N) is 1. The highest BCUT2D eigenvalue weighted by atomic mass is 32.2. The molecule has 1 unspecified atom stereocenters. The van der Waals surface area contributed by atoms with Crippen molar-refractivity contribution in [2.24, 2.45) is 5.92 Å². The Bertz CT molecular complexity index is 495. The molecule has 1 aromatic rings. The van der Waals surface area contributed by atoms with Gasteiger partial charge in [-0.05, 0) is 44.0 Å². The number of rotatable bonds is 6. The molecule has 0 bridgehead atoms. The highest BCUT2D eigenvalue weighted by Gasteiger charge is 2.26. The third-order valence-corrected chi connectivity index (χ3v) is 5.41. The Morgan fingerprint density at radius 1 is 1.16 bits per heavy atom. The second-order valence-corrected chi connectivity index (χ2v) is 7.06. The second kappa shape index (κ2) is 6.39. The van der Waals surface area contributed by atoms with Gasteiger partial charge in [-0.3, -0.25) is 0 Å². The lowest BCUT2D eigenvalue weighted by Crippen LogP contribution is -2.38. The molecule has 0 fully saturated rings. The lowest BCUT2D eigenvalue weighted by Gasteiger charge is -2.27. The predicted octanol–water partition coefficient (Wildman–Crippen LogP) is 2.78. The summed E-state index contributed by atoms with van der Waals surface area (Å²) >= 11 is 0. The zero-order valence-corrected chi connectivity index (χ0v) is 13.2. The van der Waals surface area contributed by atoms with Crippen molar-refractivity contribution in [3.63, 3.8) is 0 Å². The monoisotopic (exact) mass is 284 g/mol. The molecule has 5 heteroatoms. The summed E-state index contributed by atoms with van der Waals surface area (Å²) in [6.45, 7) is 8.78. The van der Waals surface area contributed by atoms with Crippen LogP contribution in [0.1, 0.15) is 27.7 Å². The number of hydrogen-bond acceptors (Lipinski definition) is 3. The van der Waals surface area contributed by atoms with Crippen LogP contribution in [-0.4, -0.2) is 32.4 Å². The predicted molar refractivity (Wildman–Crippen MR) is 79.9 cm³/mol. The minimum absolute atomic E-state index is 0.0292. The number of sulfonamides is 1. The van der Waals surface area contributed by atoms with Crippen LogP contribution in [0.15, 0.2) is 29.2 Å². The lowest BCUT2D eigenvalue weighted by molar-refractivity contribution is 0.316. The molecule has 0 saturated heterocycles. The third-order valence-electron chi connectivity index (χ3n) is 3.45. The van der Waals surface area contributed by atoms with E-state index in [9.17, 15) is 8.42 Å². The molecule has 108 valence electrons. The van der Waals surface area contributed by atoms with E-state index in [0.717, 1.165) is 12.2 Å². The van der Waals surface area contributed by atoms with Crippen molar-refractivity contribution < 1.29 is 8.42 Å². The normalized spacial score (nSPS) is 13.8. The second-order valence-electron chi connectivity index (χ2n) is 5.06. The molecule has 1 aromatic carbocycles. The zero-order valence-electron chi connectivity index (χ0n) is 12.3. The summed E-state index contributed by atoms with van der Waals surface area (Å²) in [5.41, 5.74) is 0.931. The van der Waals surface area contributed by atoms with Gasteiger partial charge in [0.15, 0.2) is 0 Å². The maximum atomic E-state index is 12.5. The van der Waals surface area contributed by atoms with Gasteiger partial charge in [0.25, 0.3) is 0 Å². The molecule has 19 heavy (non-hydrogen) atoms. The minimum Gasteiger partial charge on any atom is -0.385 e. The maximum Gasteiger partial charge on any atom is 0.243 e. The van der Waals surface area contributed by atoms with E-state index >= 15 is 0 Å². The van der Waals surface area contributed by atoms with Gasteiger partial charge in [0.2, 0.25) is 10.0 Å². The Balaban J connectivity index is 3.00. The van der Waals surface area contributed by atoms with Crippen LogP contribution in [0.4, 0.5) is 5.69 Å². The summed E-state index contributed by atoms with van der Waals surface area (Å²) < 4.78 is 26.3. The Hall–Kier alpha value is -1.07. The summed E-state index contributed by atoms with van der Waals surface area (Å²) in [4.78, 5) is 0.337. The van der Waals surface area contributed by atoms with Gasteiger partial charge in [0.1, 0.15) is 0 Å². The van der Waals surface area contributed by atoms with Crippen molar-refractivity contribution >= 4 is 15.7 Å². The van der Waals surface area contributed by atoms with Crippen LogP contribution >= 0.6 is 0 Å². The Morgan fingerprint density at radius 2 is 1.68 bits per heavy atom. The van der Waals surface area contributed by atoms with E-state index in [-0.39, 0.29) is 12.0 Å². The van der Waals surface area contributed by atoms with E-state index in [1.165, 1.54) is 4.31 Å². The summed E-state index contributed by atoms with van der Waals surface area (Å²) in [5, 5.41) is 3.15. The van der Waals surface area contributed by atoms with E-state index in [1.54, 1.807) is 31.3 Å². The smallest absolute Gasteiger partial charge is 0.243 e. The van der Waals surface area contributed by atoms with Gasteiger partial charge in [0, 0.05) is 25.3 Å². The first-order valence-corrected chi connectivity index (χ1v) is 8.06. The first-order valence-electron chi connectivity index (χ1n) is 6.62. The molecule has 0 aliphatic heterocycles. The van der Waals surface area contributed by atoms with Crippen molar-refractivity contribution in [3.05, 3.63) is 24.3 Å². The third kappa shape index (κ3) is 3.70. The fraction of sp³-hybridized carbons (Fsp3) is 0.571. The van der Waals surface area contributed by atoms with E-state index < -0.39 is 10.0 Å². The van der Waals surface area contributed by atoms with E-state index in [4.69, 9.17) is 0 Å². The van der Waals surface area contributed by atoms with Gasteiger partial charge in [0.05, 0.1) is 4.90 Å². The molecule has 0 heterocycles. The van der Waals surface area contributed by atoms with Crippen LogP contribution in [0.3, 0.4) is 0 Å². The molecule has 0 radical (unpaired) electrons. The highest BCUT2D eigenvalue weighted by Crippen LogP contribution is 2.21. The van der Waals surface area contributed by atoms with Crippen LogP contribution in [0.5, 0.6) is 0 Å². The van der Waals surface area contributed by atoms with Gasteiger partial charge in [-0.15, -0.1) is 0 Å². The Kier molecular flexibility index (Phi) is 5.38. The van der Waals surface area contributed by atoms with Crippen molar-refractivity contribution in [1.82, 2.24) is 4.31 Å². The van der Waals surface area contributed by atoms with Gasteiger partial charge in [-0.1, -0.05) is 13.8 Å². The molecule has 0 aliphatic carbocycles. The van der Waals surface area contributed by atoms with E-state index in [2.05, 4.69) is 5.32 Å². The number of nitrogens with zero attached hydrogens (tertiary/aromatic N) is 1. The number of anilines is 1. The molecular formula is C14H24N2O2S. The average molecular weight is 284 g/mol. The molecule has 1 rings (SSSR count). The van der Waals surface area contributed by atoms with Crippen LogP contribution < -0.4 is 5.32 Å². The molecule has 0 spiro atoms. The summed E-state index contributed by atoms with van der Waals surface area (Å²) in [5.74, 6) is 0.279. The lowest BCUT2D eigenvalue weighted by atomic mass is 10.1. The summed E-state index contributed by atoms with van der Waals surface area (Å²) in [6, 6.07) is 6.86. The Morgan fingerprint density at radius 3 is 2.11 bits per heavy atom. The molecular weight excluding hydrogens is 260 g/mol. The molecule has 4 nitrogen and oxygen atoms in total. The SMILES string of the molecule is CCNc1ccc(S(=O)(=O)N(C)C(C)C(C)C)cc1. The number of benzene rings is 1. The number of hydrogen-bond donors (Lipinski definition) is 1. The molecule has 0 saturated carbocycles. The fourth-order valence-corrected chi connectivity index (χ4v) is 3.25. The van der Waals surface area contributed by atoms with Gasteiger partial charge in [-0.2, -0.15) is 4.31 Å². The standard InChI is InChI=1S/C14H24N2O2S/c1-6-15-13-7-9-14(10-8-13)19(17,18)16(5)12(4)11(2)3/h7-12,15H,6H2,1-5H3. The maximum absolute atomic E-state index is 12.5. The largest absolute Gasteiger partial charge is 0.385 e. The fourth-order valence-electron chi connectivity index (χ4n) is 1.75. The van der Waals surface area contributed by atoms with Crippen molar-refractivity contribution in [2.75, 3.05) is 18.9 Å². The van der Waals surface area contributed by atoms with Crippen molar-refractivity contribution in [3.8, 4) is 0 Å². The van der Waals surface area contributed by atoms with Crippen LogP contribution in [0, 0.1) is 5.92 Å². The van der Waals surface area contributed by atoms with E-state index in [1.807, 2.05) is 27.7 Å². The van der Waals surface area contributed by atoms with Crippen LogP contribution in [-0.2, 0) is 10.0 Å². The zero-order chi connectivity index (χ0) is 14.6. The molecule has 0 aliphatic rings. The van der Waals surface area contributed by atoms with Crippen molar-refractivity contribution in [2.45, 2.75) is 38.6 Å². The first kappa shape index (κ1) is 16.0. The molecule has 1 N–H and O–H groups in total. The summed E-state index contributed by atoms with van der Waals surface area (Å²) in [6.07, 6.45) is 0. The van der Waals surface area contributed by atoms with E-state index in [0.29, 0.717) is 4.90 Å². The summed E-state index contributed by atoms with van der Waals surface area (Å²) in [7, 11) is -1.77. The minimum atomic E-state index is -3.41. The first-order chi connectivity index (χ1) is 8.80. The molecule has 0 aromatic heterocycles. The topological polar surface area (TPSA) is 49.4 Å². The quantitative estimate of drug-likeness (QED) is 0.874. The highest BCUT2D eigenvalue weighted by molar-refractivity contribution is 7.89. The van der Waals surface area contributed by atoms with Gasteiger partial charge >= 0.3 is 0 Å². The van der Waals surface area contributed by atoms with Crippen molar-refractivity contribution in [1.29, 1.82) is 0 Å². The molecule has 1 atom stereocenters. The Labute approximate surface area is 116 Å². The van der Waals surface area contributed by atoms with Gasteiger partial charge < -0.3 is 5.32 Å². The average Bonchev–Trinajstić information content (AvgIpc) is 2.37. The van der Waals surface area contributed by atoms with Crippen LogP contribution in [0.2, 0.25) is 0 Å². The molecule has 0 amide bonds. The van der Waals surface area contributed by atoms with Crippen LogP contribution in [0.25, 0.3) is 0 Å².